The first-order valence-electron chi connectivity index (χ1n) is 7.84. The molecule has 0 saturated carbocycles. The van der Waals surface area contributed by atoms with Crippen LogP contribution < -0.4 is 5.32 Å². The molecule has 7 nitrogen and oxygen atoms in total. The minimum absolute atomic E-state index is 0.00286. The molecular formula is C17H18N6OS. The van der Waals surface area contributed by atoms with Gasteiger partial charge in [-0.05, 0) is 53.2 Å². The molecule has 0 spiro atoms. The highest BCUT2D eigenvalue weighted by Gasteiger charge is 2.07. The lowest BCUT2D eigenvalue weighted by Gasteiger charge is -2.09. The van der Waals surface area contributed by atoms with E-state index in [9.17, 15) is 4.79 Å². The van der Waals surface area contributed by atoms with Gasteiger partial charge < -0.3 is 5.32 Å². The third kappa shape index (κ3) is 4.87. The van der Waals surface area contributed by atoms with Gasteiger partial charge in [0.1, 0.15) is 6.33 Å². The van der Waals surface area contributed by atoms with Crippen LogP contribution in [0.15, 0.2) is 48.9 Å². The number of aryl methyl sites for hydroxylation is 1. The van der Waals surface area contributed by atoms with Gasteiger partial charge in [0.25, 0.3) is 0 Å². The zero-order valence-corrected chi connectivity index (χ0v) is 14.6. The van der Waals surface area contributed by atoms with Gasteiger partial charge in [0.05, 0.1) is 11.4 Å². The van der Waals surface area contributed by atoms with Crippen molar-refractivity contribution in [3.63, 3.8) is 0 Å². The van der Waals surface area contributed by atoms with E-state index in [0.29, 0.717) is 6.42 Å². The van der Waals surface area contributed by atoms with Crippen molar-refractivity contribution >= 4 is 23.4 Å². The smallest absolute Gasteiger partial charge is 0.225 e. The molecular weight excluding hydrogens is 336 g/mol. The molecule has 25 heavy (non-hydrogen) atoms. The maximum Gasteiger partial charge on any atom is 0.225 e. The van der Waals surface area contributed by atoms with Crippen LogP contribution in [-0.4, -0.2) is 36.9 Å². The number of benzene rings is 1. The second kappa shape index (κ2) is 8.39. The first kappa shape index (κ1) is 17.1. The van der Waals surface area contributed by atoms with E-state index in [4.69, 9.17) is 0 Å². The highest BCUT2D eigenvalue weighted by molar-refractivity contribution is 7.98. The van der Waals surface area contributed by atoms with Gasteiger partial charge in [0.15, 0.2) is 0 Å². The van der Waals surface area contributed by atoms with Crippen LogP contribution in [-0.2, 0) is 10.5 Å². The van der Waals surface area contributed by atoms with Gasteiger partial charge in [0.2, 0.25) is 5.91 Å². The van der Waals surface area contributed by atoms with E-state index >= 15 is 0 Å². The molecule has 0 saturated heterocycles. The topological polar surface area (TPSA) is 85.6 Å². The zero-order valence-electron chi connectivity index (χ0n) is 13.8. The number of carbonyl (C=O) groups excluding carboxylic acids is 1. The number of carbonyl (C=O) groups is 1. The Balaban J connectivity index is 1.47. The van der Waals surface area contributed by atoms with Crippen LogP contribution in [0.3, 0.4) is 0 Å². The van der Waals surface area contributed by atoms with E-state index in [1.54, 1.807) is 29.0 Å². The molecule has 3 aromatic rings. The second-order valence-electron chi connectivity index (χ2n) is 5.43. The number of anilines is 1. The molecule has 0 bridgehead atoms. The van der Waals surface area contributed by atoms with Crippen LogP contribution in [0.25, 0.3) is 5.69 Å². The van der Waals surface area contributed by atoms with Gasteiger partial charge in [-0.2, -0.15) is 11.8 Å². The largest absolute Gasteiger partial charge is 0.326 e. The summed E-state index contributed by atoms with van der Waals surface area (Å²) >= 11 is 1.70. The van der Waals surface area contributed by atoms with Gasteiger partial charge in [-0.15, -0.1) is 5.10 Å². The molecule has 0 atom stereocenters. The van der Waals surface area contributed by atoms with Crippen molar-refractivity contribution in [2.24, 2.45) is 0 Å². The third-order valence-electron chi connectivity index (χ3n) is 3.53. The Bertz CT molecular complexity index is 822. The van der Waals surface area contributed by atoms with Crippen molar-refractivity contribution in [2.75, 3.05) is 11.1 Å². The number of nitrogens with one attached hydrogen (secondary N) is 1. The molecule has 8 heteroatoms. The van der Waals surface area contributed by atoms with E-state index in [1.807, 2.05) is 43.3 Å². The fraction of sp³-hybridized carbons (Fsp3) is 0.235. The number of pyridine rings is 1. The molecule has 2 heterocycles. The third-order valence-corrected chi connectivity index (χ3v) is 4.52. The molecule has 0 aliphatic heterocycles. The summed E-state index contributed by atoms with van der Waals surface area (Å²) < 4.78 is 1.59. The van der Waals surface area contributed by atoms with Crippen molar-refractivity contribution in [1.29, 1.82) is 0 Å². The van der Waals surface area contributed by atoms with Crippen molar-refractivity contribution in [2.45, 2.75) is 19.1 Å². The van der Waals surface area contributed by atoms with Crippen molar-refractivity contribution < 1.29 is 4.79 Å². The molecule has 0 aliphatic rings. The van der Waals surface area contributed by atoms with Gasteiger partial charge in [-0.3, -0.25) is 9.78 Å². The Hall–Kier alpha value is -2.74. The summed E-state index contributed by atoms with van der Waals surface area (Å²) in [6, 6.07) is 11.5. The van der Waals surface area contributed by atoms with Gasteiger partial charge in [-0.25, -0.2) is 4.68 Å². The Kier molecular flexibility index (Phi) is 5.73. The lowest BCUT2D eigenvalue weighted by atomic mass is 10.2. The minimum atomic E-state index is 0.00286. The van der Waals surface area contributed by atoms with E-state index in [1.165, 1.54) is 0 Å². The number of amides is 1. The quantitative estimate of drug-likeness (QED) is 0.657. The number of thioether (sulfide) groups is 1. The van der Waals surface area contributed by atoms with Crippen LogP contribution in [0.5, 0.6) is 0 Å². The predicted molar refractivity (Wildman–Crippen MR) is 97.5 cm³/mol. The second-order valence-corrected chi connectivity index (χ2v) is 6.53. The lowest BCUT2D eigenvalue weighted by molar-refractivity contribution is -0.115. The number of rotatable bonds is 7. The van der Waals surface area contributed by atoms with Crippen molar-refractivity contribution in [1.82, 2.24) is 25.2 Å². The van der Waals surface area contributed by atoms with Crippen LogP contribution in [0, 0.1) is 6.92 Å². The maximum atomic E-state index is 12.1. The van der Waals surface area contributed by atoms with E-state index in [2.05, 4.69) is 25.8 Å². The Morgan fingerprint density at radius 2 is 2.20 bits per heavy atom. The maximum absolute atomic E-state index is 12.1. The number of nitrogens with zero attached hydrogens (tertiary/aromatic N) is 5. The number of hydrogen-bond donors (Lipinski definition) is 1. The minimum Gasteiger partial charge on any atom is -0.326 e. The van der Waals surface area contributed by atoms with E-state index in [0.717, 1.165) is 34.1 Å². The fourth-order valence-corrected chi connectivity index (χ4v) is 3.16. The summed E-state index contributed by atoms with van der Waals surface area (Å²) in [5.41, 5.74) is 3.67. The standard InChI is InChI=1S/C17H18N6OS/c1-13-10-14(5-6-16(13)23-12-19-21-22-23)20-17(24)7-9-25-11-15-4-2-3-8-18-15/h2-6,8,10,12H,7,9,11H2,1H3,(H,20,24). The monoisotopic (exact) mass is 354 g/mol. The first-order chi connectivity index (χ1) is 12.2. The van der Waals surface area contributed by atoms with Crippen molar-refractivity contribution in [3.05, 3.63) is 60.2 Å². The predicted octanol–water partition coefficient (Wildman–Crippen LogP) is 2.63. The fourth-order valence-electron chi connectivity index (χ4n) is 2.31. The summed E-state index contributed by atoms with van der Waals surface area (Å²) in [7, 11) is 0. The van der Waals surface area contributed by atoms with Gasteiger partial charge >= 0.3 is 0 Å². The number of tetrazole rings is 1. The molecule has 0 radical (unpaired) electrons. The summed E-state index contributed by atoms with van der Waals surface area (Å²) in [4.78, 5) is 16.3. The summed E-state index contributed by atoms with van der Waals surface area (Å²) in [6.45, 7) is 1.95. The van der Waals surface area contributed by atoms with Gasteiger partial charge in [0, 0.05) is 29.8 Å². The highest BCUT2D eigenvalue weighted by Crippen LogP contribution is 2.18. The Morgan fingerprint density at radius 1 is 1.28 bits per heavy atom. The molecule has 128 valence electrons. The summed E-state index contributed by atoms with van der Waals surface area (Å²) in [5.74, 6) is 1.57. The summed E-state index contributed by atoms with van der Waals surface area (Å²) in [6.07, 6.45) is 3.79. The van der Waals surface area contributed by atoms with Crippen LogP contribution in [0.1, 0.15) is 17.7 Å². The zero-order chi connectivity index (χ0) is 17.5. The van der Waals surface area contributed by atoms with E-state index < -0.39 is 0 Å². The summed E-state index contributed by atoms with van der Waals surface area (Å²) in [5, 5.41) is 14.1. The number of hydrogen-bond acceptors (Lipinski definition) is 6. The Morgan fingerprint density at radius 3 is 2.92 bits per heavy atom. The van der Waals surface area contributed by atoms with Gasteiger partial charge in [-0.1, -0.05) is 6.07 Å². The highest BCUT2D eigenvalue weighted by atomic mass is 32.2. The van der Waals surface area contributed by atoms with Crippen LogP contribution in [0.2, 0.25) is 0 Å². The SMILES string of the molecule is Cc1cc(NC(=O)CCSCc2ccccn2)ccc1-n1cnnn1. The van der Waals surface area contributed by atoms with Crippen molar-refractivity contribution in [3.8, 4) is 5.69 Å². The van der Waals surface area contributed by atoms with Crippen LogP contribution >= 0.6 is 11.8 Å². The molecule has 1 N–H and O–H groups in total. The normalized spacial score (nSPS) is 10.6. The molecule has 0 fully saturated rings. The average molecular weight is 354 g/mol. The number of aromatic nitrogens is 5. The Labute approximate surface area is 149 Å². The van der Waals surface area contributed by atoms with E-state index in [-0.39, 0.29) is 5.91 Å². The molecule has 0 unspecified atom stereocenters. The molecule has 1 aromatic carbocycles. The lowest BCUT2D eigenvalue weighted by Crippen LogP contribution is -2.12. The van der Waals surface area contributed by atoms with Crippen LogP contribution in [0.4, 0.5) is 5.69 Å². The average Bonchev–Trinajstić information content (AvgIpc) is 3.14. The molecule has 3 rings (SSSR count). The molecule has 1 amide bonds. The first-order valence-corrected chi connectivity index (χ1v) is 8.99. The molecule has 2 aromatic heterocycles. The molecule has 0 aliphatic carbocycles.